The normalized spacial score (nSPS) is 15.0. The van der Waals surface area contributed by atoms with Gasteiger partial charge in [0.15, 0.2) is 0 Å². The first-order chi connectivity index (χ1) is 13.6. The zero-order chi connectivity index (χ0) is 20.0. The molecular weight excluding hydrogens is 358 g/mol. The first kappa shape index (κ1) is 19.9. The third-order valence-electron chi connectivity index (χ3n) is 4.94. The van der Waals surface area contributed by atoms with Gasteiger partial charge in [-0.15, -0.1) is 0 Å². The van der Waals surface area contributed by atoms with E-state index in [9.17, 15) is 4.79 Å². The highest BCUT2D eigenvalue weighted by molar-refractivity contribution is 5.86. The quantitative estimate of drug-likeness (QED) is 0.627. The van der Waals surface area contributed by atoms with E-state index in [1.165, 1.54) is 0 Å². The zero-order valence-corrected chi connectivity index (χ0v) is 16.4. The summed E-state index contributed by atoms with van der Waals surface area (Å²) in [7, 11) is 3.30. The van der Waals surface area contributed by atoms with Crippen molar-refractivity contribution < 1.29 is 14.3 Å². The van der Waals surface area contributed by atoms with E-state index in [4.69, 9.17) is 15.2 Å². The van der Waals surface area contributed by atoms with Crippen molar-refractivity contribution in [2.24, 2.45) is 5.41 Å². The SMILES string of the molecule is COCCCNC(=O)C1(Cc2cccc(OC)c2)CN(c2ccnc(N)n2)C1. The number of rotatable bonds is 9. The van der Waals surface area contributed by atoms with Gasteiger partial charge >= 0.3 is 0 Å². The van der Waals surface area contributed by atoms with E-state index in [-0.39, 0.29) is 11.9 Å². The van der Waals surface area contributed by atoms with Crippen molar-refractivity contribution in [3.63, 3.8) is 0 Å². The molecule has 0 spiro atoms. The van der Waals surface area contributed by atoms with Gasteiger partial charge in [-0.1, -0.05) is 12.1 Å². The molecule has 1 aliphatic heterocycles. The van der Waals surface area contributed by atoms with Crippen LogP contribution in [0.4, 0.5) is 11.8 Å². The average Bonchev–Trinajstić information content (AvgIpc) is 2.67. The average molecular weight is 385 g/mol. The maximum atomic E-state index is 13.0. The predicted octanol–water partition coefficient (Wildman–Crippen LogP) is 1.27. The molecule has 1 amide bonds. The lowest BCUT2D eigenvalue weighted by atomic mass is 9.73. The topological polar surface area (TPSA) is 103 Å². The predicted molar refractivity (Wildman–Crippen MR) is 107 cm³/mol. The molecule has 2 aromatic rings. The minimum Gasteiger partial charge on any atom is -0.497 e. The number of nitrogen functional groups attached to an aromatic ring is 1. The van der Waals surface area contributed by atoms with Crippen molar-refractivity contribution >= 4 is 17.7 Å². The van der Waals surface area contributed by atoms with Crippen LogP contribution in [-0.4, -0.2) is 56.3 Å². The van der Waals surface area contributed by atoms with Crippen LogP contribution in [0.5, 0.6) is 5.75 Å². The highest BCUT2D eigenvalue weighted by Crippen LogP contribution is 2.37. The van der Waals surface area contributed by atoms with Crippen LogP contribution in [-0.2, 0) is 16.0 Å². The largest absolute Gasteiger partial charge is 0.497 e. The van der Waals surface area contributed by atoms with Crippen molar-refractivity contribution in [3.8, 4) is 5.75 Å². The molecule has 1 aromatic carbocycles. The van der Waals surface area contributed by atoms with Gasteiger partial charge in [0.05, 0.1) is 12.5 Å². The summed E-state index contributed by atoms with van der Waals surface area (Å²) < 4.78 is 10.4. The molecule has 2 heterocycles. The van der Waals surface area contributed by atoms with Crippen molar-refractivity contribution in [1.82, 2.24) is 15.3 Å². The summed E-state index contributed by atoms with van der Waals surface area (Å²) in [5, 5.41) is 3.06. The number of hydrogen-bond donors (Lipinski definition) is 2. The Morgan fingerprint density at radius 2 is 2.14 bits per heavy atom. The molecule has 3 rings (SSSR count). The van der Waals surface area contributed by atoms with Crippen LogP contribution in [0.2, 0.25) is 0 Å². The van der Waals surface area contributed by atoms with Gasteiger partial charge in [0.1, 0.15) is 11.6 Å². The second kappa shape index (κ2) is 8.88. The van der Waals surface area contributed by atoms with E-state index >= 15 is 0 Å². The molecule has 0 saturated carbocycles. The summed E-state index contributed by atoms with van der Waals surface area (Å²) in [5.41, 5.74) is 6.23. The van der Waals surface area contributed by atoms with Crippen LogP contribution in [0.1, 0.15) is 12.0 Å². The lowest BCUT2D eigenvalue weighted by molar-refractivity contribution is -0.132. The van der Waals surface area contributed by atoms with E-state index < -0.39 is 5.41 Å². The molecule has 0 bridgehead atoms. The fourth-order valence-corrected chi connectivity index (χ4v) is 3.50. The Balaban J connectivity index is 1.74. The van der Waals surface area contributed by atoms with Gasteiger partial charge in [-0.25, -0.2) is 4.98 Å². The van der Waals surface area contributed by atoms with Crippen LogP contribution < -0.4 is 20.7 Å². The second-order valence-corrected chi connectivity index (χ2v) is 7.04. The van der Waals surface area contributed by atoms with Gasteiger partial charge in [-0.3, -0.25) is 4.79 Å². The Morgan fingerprint density at radius 3 is 2.86 bits per heavy atom. The molecule has 1 aliphatic rings. The van der Waals surface area contributed by atoms with Crippen molar-refractivity contribution in [2.45, 2.75) is 12.8 Å². The number of hydrogen-bond acceptors (Lipinski definition) is 7. The summed E-state index contributed by atoms with van der Waals surface area (Å²) in [5.74, 6) is 1.80. The van der Waals surface area contributed by atoms with E-state index in [1.807, 2.05) is 35.2 Å². The molecule has 1 aromatic heterocycles. The maximum absolute atomic E-state index is 13.0. The summed E-state index contributed by atoms with van der Waals surface area (Å²) in [6, 6.07) is 9.65. The minimum atomic E-state index is -0.529. The minimum absolute atomic E-state index is 0.0460. The highest BCUT2D eigenvalue weighted by atomic mass is 16.5. The number of nitrogens with two attached hydrogens (primary N) is 1. The first-order valence-corrected chi connectivity index (χ1v) is 9.30. The Kier molecular flexibility index (Phi) is 6.30. The van der Waals surface area contributed by atoms with Crippen LogP contribution in [0.3, 0.4) is 0 Å². The van der Waals surface area contributed by atoms with E-state index in [1.54, 1.807) is 20.4 Å². The summed E-state index contributed by atoms with van der Waals surface area (Å²) in [6.45, 7) is 2.34. The molecule has 3 N–H and O–H groups in total. The van der Waals surface area contributed by atoms with Gasteiger partial charge in [-0.05, 0) is 36.6 Å². The molecule has 1 saturated heterocycles. The van der Waals surface area contributed by atoms with E-state index in [0.29, 0.717) is 32.7 Å². The number of methoxy groups -OCH3 is 2. The first-order valence-electron chi connectivity index (χ1n) is 9.30. The van der Waals surface area contributed by atoms with Gasteiger partial charge in [0.25, 0.3) is 0 Å². The Hall–Kier alpha value is -2.87. The van der Waals surface area contributed by atoms with Crippen LogP contribution in [0.15, 0.2) is 36.5 Å². The highest BCUT2D eigenvalue weighted by Gasteiger charge is 2.49. The number of amides is 1. The van der Waals surface area contributed by atoms with E-state index in [0.717, 1.165) is 23.6 Å². The van der Waals surface area contributed by atoms with Gasteiger partial charge in [-0.2, -0.15) is 4.98 Å². The number of ether oxygens (including phenoxy) is 2. The van der Waals surface area contributed by atoms with Crippen molar-refractivity contribution in [2.75, 3.05) is 51.1 Å². The smallest absolute Gasteiger partial charge is 0.230 e. The summed E-state index contributed by atoms with van der Waals surface area (Å²) >= 11 is 0. The molecular formula is C20H27N5O3. The molecule has 0 aliphatic carbocycles. The molecule has 8 heteroatoms. The third-order valence-corrected chi connectivity index (χ3v) is 4.94. The van der Waals surface area contributed by atoms with Gasteiger partial charge in [0, 0.05) is 39.5 Å². The number of carbonyl (C=O) groups excluding carboxylic acids is 1. The molecule has 1 fully saturated rings. The lowest BCUT2D eigenvalue weighted by Crippen LogP contribution is -2.64. The third kappa shape index (κ3) is 4.51. The summed E-state index contributed by atoms with van der Waals surface area (Å²) in [4.78, 5) is 23.3. The number of nitrogens with zero attached hydrogens (tertiary/aromatic N) is 3. The second-order valence-electron chi connectivity index (χ2n) is 7.04. The number of nitrogens with one attached hydrogen (secondary N) is 1. The van der Waals surface area contributed by atoms with Crippen LogP contribution in [0, 0.1) is 5.41 Å². The lowest BCUT2D eigenvalue weighted by Gasteiger charge is -2.49. The molecule has 28 heavy (non-hydrogen) atoms. The molecule has 0 unspecified atom stereocenters. The zero-order valence-electron chi connectivity index (χ0n) is 16.4. The molecule has 8 nitrogen and oxygen atoms in total. The van der Waals surface area contributed by atoms with Crippen LogP contribution >= 0.6 is 0 Å². The maximum Gasteiger partial charge on any atom is 0.230 e. The Bertz CT molecular complexity index is 808. The standard InChI is InChI=1S/C20H27N5O3/c1-27-10-4-8-22-18(26)20(12-15-5-3-6-16(11-15)28-2)13-25(14-20)17-7-9-23-19(21)24-17/h3,5-7,9,11H,4,8,10,12-14H2,1-2H3,(H,22,26)(H2,21,23,24). The Labute approximate surface area is 165 Å². The van der Waals surface area contributed by atoms with Crippen molar-refractivity contribution in [3.05, 3.63) is 42.1 Å². The number of aromatic nitrogens is 2. The molecule has 150 valence electrons. The number of anilines is 2. The monoisotopic (exact) mass is 385 g/mol. The van der Waals surface area contributed by atoms with E-state index in [2.05, 4.69) is 15.3 Å². The number of carbonyl (C=O) groups is 1. The van der Waals surface area contributed by atoms with Gasteiger partial charge in [0.2, 0.25) is 11.9 Å². The molecule has 0 radical (unpaired) electrons. The Morgan fingerprint density at radius 1 is 1.32 bits per heavy atom. The number of benzene rings is 1. The van der Waals surface area contributed by atoms with Crippen LogP contribution in [0.25, 0.3) is 0 Å². The summed E-state index contributed by atoms with van der Waals surface area (Å²) in [6.07, 6.45) is 3.03. The fourth-order valence-electron chi connectivity index (χ4n) is 3.50. The molecule has 0 atom stereocenters. The van der Waals surface area contributed by atoms with Gasteiger partial charge < -0.3 is 25.4 Å². The van der Waals surface area contributed by atoms with Crippen molar-refractivity contribution in [1.29, 1.82) is 0 Å². The fraction of sp³-hybridized carbons (Fsp3) is 0.450.